The second kappa shape index (κ2) is 14.1. The van der Waals surface area contributed by atoms with Crippen LogP contribution in [0.5, 0.6) is 0 Å². The van der Waals surface area contributed by atoms with E-state index in [1.54, 1.807) is 11.2 Å². The molecule has 1 aromatic carbocycles. The first kappa shape index (κ1) is 31.0. The van der Waals surface area contributed by atoms with Crippen LogP contribution in [0.4, 0.5) is 32.0 Å². The highest BCUT2D eigenvalue weighted by molar-refractivity contribution is 5.84. The molecule has 3 N–H and O–H groups in total. The third-order valence-corrected chi connectivity index (χ3v) is 5.26. The molecule has 0 saturated carbocycles. The van der Waals surface area contributed by atoms with Crippen LogP contribution < -0.4 is 11.3 Å². The molecule has 0 aliphatic heterocycles. The number of hydrogen-bond acceptors (Lipinski definition) is 7. The highest BCUT2D eigenvalue weighted by Gasteiger charge is 2.36. The lowest BCUT2D eigenvalue weighted by molar-refractivity contribution is -0.138. The summed E-state index contributed by atoms with van der Waals surface area (Å²) in [6, 6.07) is 2.55. The van der Waals surface area contributed by atoms with E-state index < -0.39 is 35.2 Å². The molecule has 0 atom stereocenters. The van der Waals surface area contributed by atoms with Gasteiger partial charge in [0.25, 0.3) is 12.0 Å². The van der Waals surface area contributed by atoms with Crippen LogP contribution in [0.15, 0.2) is 41.7 Å². The lowest BCUT2D eigenvalue weighted by Gasteiger charge is -2.13. The molecule has 210 valence electrons. The summed E-state index contributed by atoms with van der Waals surface area (Å²) in [5, 5.41) is 4.74. The lowest BCUT2D eigenvalue weighted by Crippen LogP contribution is -2.24. The van der Waals surface area contributed by atoms with Gasteiger partial charge in [-0.1, -0.05) is 19.8 Å². The maximum atomic E-state index is 14.3. The van der Waals surface area contributed by atoms with Crippen LogP contribution in [0.1, 0.15) is 59.7 Å². The van der Waals surface area contributed by atoms with Gasteiger partial charge in [-0.05, 0) is 36.4 Å². The summed E-state index contributed by atoms with van der Waals surface area (Å²) in [5.74, 6) is -0.698. The van der Waals surface area contributed by atoms with Crippen LogP contribution in [-0.4, -0.2) is 44.9 Å². The number of aromatic nitrogens is 4. The number of H-pyrrole nitrogens is 1. The number of unbranched alkanes of at least 4 members (excludes halogenated alkanes) is 2. The molecule has 0 aliphatic carbocycles. The standard InChI is InChI=1S/C20H22F3N3O.C5H4F3N3O/c1-3-4-5-7-26(2)8-6-14-9-17(18(21)10-15(14)13-27)20-24-11-16(12-25-20)19(22)23;6-5(7,8)3-2(9)1-10-11-4(3)12/h6,8-13,19H,3-5,7H2,1-2H3;1H,(H3,9,11,12)/b8-6-;. The molecule has 0 saturated heterocycles. The second-order valence-electron chi connectivity index (χ2n) is 8.25. The molecular formula is C25H26F6N6O2. The first-order valence-corrected chi connectivity index (χ1v) is 11.6. The average molecular weight is 557 g/mol. The van der Waals surface area contributed by atoms with Crippen molar-refractivity contribution in [3.63, 3.8) is 0 Å². The Labute approximate surface area is 219 Å². The Morgan fingerprint density at radius 3 is 2.28 bits per heavy atom. The largest absolute Gasteiger partial charge is 0.423 e. The topological polar surface area (TPSA) is 118 Å². The Morgan fingerprint density at radius 2 is 1.77 bits per heavy atom. The van der Waals surface area contributed by atoms with E-state index in [-0.39, 0.29) is 22.5 Å². The third kappa shape index (κ3) is 8.93. The Hall–Kier alpha value is -4.23. The normalized spacial score (nSPS) is 11.4. The van der Waals surface area contributed by atoms with E-state index in [0.29, 0.717) is 11.8 Å². The first-order valence-electron chi connectivity index (χ1n) is 11.6. The van der Waals surface area contributed by atoms with Gasteiger partial charge in [0.1, 0.15) is 11.4 Å². The first-order chi connectivity index (χ1) is 18.4. The van der Waals surface area contributed by atoms with Crippen molar-refractivity contribution in [1.29, 1.82) is 0 Å². The molecule has 0 spiro atoms. The minimum atomic E-state index is -4.74. The van der Waals surface area contributed by atoms with Crippen LogP contribution in [0.25, 0.3) is 17.5 Å². The summed E-state index contributed by atoms with van der Waals surface area (Å²) >= 11 is 0. The van der Waals surface area contributed by atoms with Crippen molar-refractivity contribution in [2.24, 2.45) is 0 Å². The van der Waals surface area contributed by atoms with Gasteiger partial charge in [0, 0.05) is 31.5 Å². The maximum absolute atomic E-state index is 14.3. The van der Waals surface area contributed by atoms with Crippen LogP contribution in [-0.2, 0) is 6.18 Å². The van der Waals surface area contributed by atoms with Gasteiger partial charge in [-0.25, -0.2) is 28.2 Å². The van der Waals surface area contributed by atoms with Crippen molar-refractivity contribution in [2.75, 3.05) is 19.3 Å². The van der Waals surface area contributed by atoms with Gasteiger partial charge in [0.15, 0.2) is 12.1 Å². The van der Waals surface area contributed by atoms with Crippen molar-refractivity contribution in [2.45, 2.75) is 38.8 Å². The number of benzene rings is 1. The molecule has 0 aliphatic rings. The number of aldehydes is 1. The lowest BCUT2D eigenvalue weighted by atomic mass is 10.0. The van der Waals surface area contributed by atoms with Gasteiger partial charge < -0.3 is 10.6 Å². The molecule has 2 heterocycles. The number of halogens is 6. The number of anilines is 1. The smallest absolute Gasteiger partial charge is 0.397 e. The van der Waals surface area contributed by atoms with Crippen molar-refractivity contribution < 1.29 is 31.1 Å². The molecule has 0 bridgehead atoms. The zero-order valence-corrected chi connectivity index (χ0v) is 21.0. The molecular weight excluding hydrogens is 530 g/mol. The summed E-state index contributed by atoms with van der Waals surface area (Å²) in [7, 11) is 1.92. The Kier molecular flexibility index (Phi) is 11.2. The fourth-order valence-corrected chi connectivity index (χ4v) is 3.21. The number of nitrogens with one attached hydrogen (secondary N) is 1. The van der Waals surface area contributed by atoms with Gasteiger partial charge in [-0.3, -0.25) is 9.59 Å². The van der Waals surface area contributed by atoms with E-state index in [1.807, 2.05) is 18.1 Å². The third-order valence-electron chi connectivity index (χ3n) is 5.26. The second-order valence-corrected chi connectivity index (χ2v) is 8.25. The van der Waals surface area contributed by atoms with Crippen LogP contribution >= 0.6 is 0 Å². The Balaban J connectivity index is 0.000000370. The summed E-state index contributed by atoms with van der Waals surface area (Å²) in [6.07, 6.45) is 2.67. The van der Waals surface area contributed by atoms with E-state index in [1.165, 1.54) is 6.07 Å². The Morgan fingerprint density at radius 1 is 1.10 bits per heavy atom. The molecule has 0 unspecified atom stereocenters. The zero-order valence-electron chi connectivity index (χ0n) is 21.0. The minimum absolute atomic E-state index is 0.0136. The van der Waals surface area contributed by atoms with Crippen LogP contribution in [0, 0.1) is 5.82 Å². The molecule has 0 fully saturated rings. The van der Waals surface area contributed by atoms with Crippen molar-refractivity contribution in [3.05, 3.63) is 75.3 Å². The fourth-order valence-electron chi connectivity index (χ4n) is 3.21. The summed E-state index contributed by atoms with van der Waals surface area (Å²) in [6.45, 7) is 3.00. The monoisotopic (exact) mass is 556 g/mol. The van der Waals surface area contributed by atoms with Crippen molar-refractivity contribution >= 4 is 18.0 Å². The molecule has 3 aromatic rings. The quantitative estimate of drug-likeness (QED) is 0.203. The Bertz CT molecular complexity index is 1330. The minimum Gasteiger partial charge on any atom is -0.397 e. The van der Waals surface area contributed by atoms with E-state index >= 15 is 0 Å². The number of carbonyl (C=O) groups excluding carboxylic acids is 1. The number of alkyl halides is 5. The maximum Gasteiger partial charge on any atom is 0.423 e. The van der Waals surface area contributed by atoms with E-state index in [0.717, 1.165) is 50.5 Å². The number of aromatic amines is 1. The number of hydrogen-bond donors (Lipinski definition) is 2. The molecule has 39 heavy (non-hydrogen) atoms. The van der Waals surface area contributed by atoms with Crippen molar-refractivity contribution in [3.8, 4) is 11.4 Å². The predicted molar refractivity (Wildman–Crippen MR) is 133 cm³/mol. The molecule has 0 amide bonds. The number of nitrogen functional groups attached to an aromatic ring is 1. The molecule has 8 nitrogen and oxygen atoms in total. The molecule has 14 heteroatoms. The van der Waals surface area contributed by atoms with Gasteiger partial charge >= 0.3 is 6.18 Å². The average Bonchev–Trinajstić information content (AvgIpc) is 2.87. The number of nitrogens with two attached hydrogens (primary N) is 1. The highest BCUT2D eigenvalue weighted by atomic mass is 19.4. The van der Waals surface area contributed by atoms with Crippen LogP contribution in [0.3, 0.4) is 0 Å². The van der Waals surface area contributed by atoms with Gasteiger partial charge in [-0.2, -0.15) is 18.3 Å². The van der Waals surface area contributed by atoms with Crippen LogP contribution in [0.2, 0.25) is 0 Å². The van der Waals surface area contributed by atoms with E-state index in [9.17, 15) is 35.9 Å². The predicted octanol–water partition coefficient (Wildman–Crippen LogP) is 5.50. The van der Waals surface area contributed by atoms with Gasteiger partial charge in [0.2, 0.25) is 0 Å². The summed E-state index contributed by atoms with van der Waals surface area (Å²) in [4.78, 5) is 31.5. The number of rotatable bonds is 9. The molecule has 0 radical (unpaired) electrons. The summed E-state index contributed by atoms with van der Waals surface area (Å²) in [5.41, 5.74) is 1.91. The molecule has 2 aromatic heterocycles. The number of carbonyl (C=O) groups is 1. The number of nitrogens with zero attached hydrogens (tertiary/aromatic N) is 4. The van der Waals surface area contributed by atoms with Gasteiger partial charge in [-0.15, -0.1) is 0 Å². The van der Waals surface area contributed by atoms with E-state index in [4.69, 9.17) is 5.73 Å². The highest BCUT2D eigenvalue weighted by Crippen LogP contribution is 2.29. The SMILES string of the molecule is CCCCCN(C)/C=C\c1cc(-c2ncc(C(F)F)cn2)c(F)cc1C=O.Nc1cn[nH]c(=O)c1C(F)(F)F. The van der Waals surface area contributed by atoms with Gasteiger partial charge in [0.05, 0.1) is 23.0 Å². The fraction of sp³-hybridized carbons (Fsp3) is 0.320. The van der Waals surface area contributed by atoms with Crippen molar-refractivity contribution in [1.82, 2.24) is 25.1 Å². The summed E-state index contributed by atoms with van der Waals surface area (Å²) < 4.78 is 75.5. The van der Waals surface area contributed by atoms with E-state index in [2.05, 4.69) is 22.0 Å². The zero-order chi connectivity index (χ0) is 29.2. The molecule has 3 rings (SSSR count).